The van der Waals surface area contributed by atoms with Gasteiger partial charge in [0.15, 0.2) is 0 Å². The zero-order valence-electron chi connectivity index (χ0n) is 20.7. The number of nitrogens with zero attached hydrogens (tertiary/aromatic N) is 1. The number of aromatic nitrogens is 1. The van der Waals surface area contributed by atoms with E-state index in [0.29, 0.717) is 18.4 Å². The van der Waals surface area contributed by atoms with Gasteiger partial charge in [-0.15, -0.1) is 0 Å². The number of fused-ring (bicyclic) bond motifs is 2. The monoisotopic (exact) mass is 492 g/mol. The van der Waals surface area contributed by atoms with Crippen molar-refractivity contribution in [2.45, 2.75) is 51.7 Å². The van der Waals surface area contributed by atoms with Gasteiger partial charge in [0, 0.05) is 23.7 Å². The predicted octanol–water partition coefficient (Wildman–Crippen LogP) is 5.63. The molecule has 7 atom stereocenters. The Balaban J connectivity index is 1.34. The Morgan fingerprint density at radius 3 is 2.83 bits per heavy atom. The van der Waals surface area contributed by atoms with E-state index in [0.717, 1.165) is 42.5 Å². The Kier molecular flexibility index (Phi) is 7.08. The molecule has 36 heavy (non-hydrogen) atoms. The van der Waals surface area contributed by atoms with Crippen LogP contribution in [0.2, 0.25) is 0 Å². The number of cyclic esters (lactones) is 1. The summed E-state index contributed by atoms with van der Waals surface area (Å²) in [6.45, 7) is 4.15. The third-order valence-electron chi connectivity index (χ3n) is 8.18. The normalized spacial score (nSPS) is 31.4. The lowest BCUT2D eigenvalue weighted by Gasteiger charge is -2.47. The molecule has 0 radical (unpaired) electrons. The Labute approximate surface area is 211 Å². The fourth-order valence-corrected chi connectivity index (χ4v) is 6.64. The number of nitrogens with one attached hydrogen (secondary N) is 1. The standard InChI is InChI=1S/C29H33FN2O4/c1-3-35-29(34)32-23-10-11-24-20(14-23)15-26-27(17(2)36-28(26)33)25(24)12-9-22-8-7-19(16-31-22)18-5-4-6-21(30)13-18/h4-9,12-13,16-17,20,23-27H,3,10-11,14-15H2,1-2H3,(H,32,34)/t17-,20+,23-,24-,25+,26+,27+/m0/s1. The quantitative estimate of drug-likeness (QED) is 0.548. The van der Waals surface area contributed by atoms with Crippen LogP contribution in [0.5, 0.6) is 0 Å². The van der Waals surface area contributed by atoms with Crippen LogP contribution in [0.15, 0.2) is 48.7 Å². The second-order valence-corrected chi connectivity index (χ2v) is 10.3. The molecule has 5 rings (SSSR count). The SMILES string of the molecule is CCOC(=O)N[C@H]1CC[C@H]2[C@H](C1)C[C@H]1C(=O)O[C@@H](C)[C@@H]1[C@@H]2C=Cc1ccc(-c2cccc(F)c2)cn1. The Morgan fingerprint density at radius 2 is 2.08 bits per heavy atom. The van der Waals surface area contributed by atoms with Gasteiger partial charge < -0.3 is 14.8 Å². The van der Waals surface area contributed by atoms with Crippen molar-refractivity contribution in [2.24, 2.45) is 29.6 Å². The van der Waals surface area contributed by atoms with Crippen molar-refractivity contribution in [3.63, 3.8) is 0 Å². The van der Waals surface area contributed by atoms with Gasteiger partial charge in [-0.25, -0.2) is 9.18 Å². The molecule has 2 saturated carbocycles. The third kappa shape index (κ3) is 5.01. The van der Waals surface area contributed by atoms with Gasteiger partial charge in [-0.05, 0) is 87.1 Å². The zero-order chi connectivity index (χ0) is 25.2. The second kappa shape index (κ2) is 10.4. The number of carbonyl (C=O) groups is 2. The fraction of sp³-hybridized carbons (Fsp3) is 0.483. The summed E-state index contributed by atoms with van der Waals surface area (Å²) in [6, 6.07) is 10.4. The topological polar surface area (TPSA) is 77.5 Å². The maximum atomic E-state index is 13.6. The number of pyridine rings is 1. The number of ether oxygens (including phenoxy) is 2. The molecular formula is C29H33FN2O4. The number of benzene rings is 1. The molecule has 0 bridgehead atoms. The molecular weight excluding hydrogens is 459 g/mol. The van der Waals surface area contributed by atoms with Crippen LogP contribution in [0, 0.1) is 35.4 Å². The third-order valence-corrected chi connectivity index (χ3v) is 8.18. The first-order valence-corrected chi connectivity index (χ1v) is 13.0. The van der Waals surface area contributed by atoms with Crippen molar-refractivity contribution < 1.29 is 23.5 Å². The van der Waals surface area contributed by atoms with Crippen molar-refractivity contribution in [3.8, 4) is 11.1 Å². The first-order chi connectivity index (χ1) is 17.4. The number of alkyl carbamates (subject to hydrolysis) is 1. The van der Waals surface area contributed by atoms with Crippen LogP contribution in [0.1, 0.15) is 45.2 Å². The molecule has 190 valence electrons. The van der Waals surface area contributed by atoms with Gasteiger partial charge in [0.1, 0.15) is 11.9 Å². The van der Waals surface area contributed by atoms with E-state index in [1.807, 2.05) is 31.2 Å². The minimum absolute atomic E-state index is 0.0679. The zero-order valence-corrected chi connectivity index (χ0v) is 20.7. The molecule has 3 fully saturated rings. The van der Waals surface area contributed by atoms with Crippen LogP contribution < -0.4 is 5.32 Å². The summed E-state index contributed by atoms with van der Waals surface area (Å²) in [4.78, 5) is 29.2. The molecule has 1 saturated heterocycles. The van der Waals surface area contributed by atoms with Crippen LogP contribution in [-0.2, 0) is 14.3 Å². The highest BCUT2D eigenvalue weighted by atomic mass is 19.1. The van der Waals surface area contributed by atoms with Crippen LogP contribution in [0.25, 0.3) is 17.2 Å². The van der Waals surface area contributed by atoms with Crippen LogP contribution >= 0.6 is 0 Å². The molecule has 1 N–H and O–H groups in total. The molecule has 1 aliphatic heterocycles. The average molecular weight is 493 g/mol. The molecule has 3 aliphatic rings. The van der Waals surface area contributed by atoms with E-state index < -0.39 is 0 Å². The van der Waals surface area contributed by atoms with E-state index in [-0.39, 0.29) is 47.8 Å². The van der Waals surface area contributed by atoms with Gasteiger partial charge >= 0.3 is 12.1 Å². The summed E-state index contributed by atoms with van der Waals surface area (Å²) >= 11 is 0. The first kappa shape index (κ1) is 24.5. The number of amides is 1. The number of hydrogen-bond acceptors (Lipinski definition) is 5. The largest absolute Gasteiger partial charge is 0.462 e. The molecule has 1 aromatic carbocycles. The lowest BCUT2D eigenvalue weighted by atomic mass is 9.57. The van der Waals surface area contributed by atoms with E-state index in [4.69, 9.17) is 9.47 Å². The van der Waals surface area contributed by atoms with Gasteiger partial charge in [-0.3, -0.25) is 9.78 Å². The lowest BCUT2D eigenvalue weighted by Crippen LogP contribution is -2.48. The number of rotatable bonds is 5. The van der Waals surface area contributed by atoms with Crippen molar-refractivity contribution in [1.82, 2.24) is 10.3 Å². The molecule has 1 amide bonds. The Bertz CT molecular complexity index is 1130. The number of hydrogen-bond donors (Lipinski definition) is 1. The minimum atomic E-state index is -0.368. The summed E-state index contributed by atoms with van der Waals surface area (Å²) in [7, 11) is 0. The van der Waals surface area contributed by atoms with Gasteiger partial charge in [0.25, 0.3) is 0 Å². The molecule has 2 aliphatic carbocycles. The molecule has 2 aromatic rings. The lowest BCUT2D eigenvalue weighted by molar-refractivity contribution is -0.144. The van der Waals surface area contributed by atoms with Gasteiger partial charge in [0.05, 0.1) is 18.2 Å². The van der Waals surface area contributed by atoms with Crippen LogP contribution in [-0.4, -0.2) is 35.8 Å². The van der Waals surface area contributed by atoms with Crippen LogP contribution in [0.4, 0.5) is 9.18 Å². The summed E-state index contributed by atoms with van der Waals surface area (Å²) in [5.41, 5.74) is 2.48. The summed E-state index contributed by atoms with van der Waals surface area (Å²) in [5, 5.41) is 3.00. The predicted molar refractivity (Wildman–Crippen MR) is 134 cm³/mol. The number of allylic oxidation sites excluding steroid dienone is 1. The van der Waals surface area contributed by atoms with E-state index >= 15 is 0 Å². The highest BCUT2D eigenvalue weighted by Crippen LogP contribution is 2.53. The molecule has 0 spiro atoms. The van der Waals surface area contributed by atoms with Gasteiger partial charge in [-0.2, -0.15) is 0 Å². The highest BCUT2D eigenvalue weighted by molar-refractivity contribution is 5.75. The second-order valence-electron chi connectivity index (χ2n) is 10.3. The molecule has 2 heterocycles. The Morgan fingerprint density at radius 1 is 1.22 bits per heavy atom. The average Bonchev–Trinajstić information content (AvgIpc) is 3.15. The molecule has 1 aromatic heterocycles. The van der Waals surface area contributed by atoms with Gasteiger partial charge in [-0.1, -0.05) is 24.3 Å². The molecule has 7 heteroatoms. The summed E-state index contributed by atoms with van der Waals surface area (Å²) in [6.07, 6.45) is 9.07. The smallest absolute Gasteiger partial charge is 0.407 e. The van der Waals surface area contributed by atoms with Crippen molar-refractivity contribution in [1.29, 1.82) is 0 Å². The fourth-order valence-electron chi connectivity index (χ4n) is 6.64. The summed E-state index contributed by atoms with van der Waals surface area (Å²) in [5.74, 6) is 0.629. The highest BCUT2D eigenvalue weighted by Gasteiger charge is 2.54. The van der Waals surface area contributed by atoms with Crippen molar-refractivity contribution in [2.75, 3.05) is 6.61 Å². The molecule has 0 unspecified atom stereocenters. The number of esters is 1. The van der Waals surface area contributed by atoms with E-state index in [9.17, 15) is 14.0 Å². The van der Waals surface area contributed by atoms with Crippen LogP contribution in [0.3, 0.4) is 0 Å². The van der Waals surface area contributed by atoms with Crippen molar-refractivity contribution >= 4 is 18.1 Å². The first-order valence-electron chi connectivity index (χ1n) is 13.0. The van der Waals surface area contributed by atoms with Crippen molar-refractivity contribution in [3.05, 3.63) is 60.2 Å². The molecule has 6 nitrogen and oxygen atoms in total. The van der Waals surface area contributed by atoms with Gasteiger partial charge in [0.2, 0.25) is 0 Å². The maximum absolute atomic E-state index is 13.6. The van der Waals surface area contributed by atoms with E-state index in [1.165, 1.54) is 12.1 Å². The minimum Gasteiger partial charge on any atom is -0.462 e. The maximum Gasteiger partial charge on any atom is 0.407 e. The summed E-state index contributed by atoms with van der Waals surface area (Å²) < 4.78 is 24.3. The Hall–Kier alpha value is -3.22. The van der Waals surface area contributed by atoms with E-state index in [1.54, 1.807) is 19.2 Å². The van der Waals surface area contributed by atoms with E-state index in [2.05, 4.69) is 16.4 Å². The number of halogens is 1. The number of carbonyl (C=O) groups excluding carboxylic acids is 2.